The summed E-state index contributed by atoms with van der Waals surface area (Å²) in [5.74, 6) is 0. The highest BCUT2D eigenvalue weighted by molar-refractivity contribution is 6.21. The molecule has 4 atom stereocenters. The van der Waals surface area contributed by atoms with Crippen molar-refractivity contribution in [2.75, 3.05) is 13.2 Å². The number of halogens is 1. The first kappa shape index (κ1) is 21.3. The number of aliphatic hydroxyl groups is 1. The molecule has 0 fully saturated rings. The third kappa shape index (κ3) is 4.96. The van der Waals surface area contributed by atoms with Crippen LogP contribution >= 0.6 is 11.6 Å². The van der Waals surface area contributed by atoms with Gasteiger partial charge in [-0.25, -0.2) is 0 Å². The first-order chi connectivity index (χ1) is 13.7. The van der Waals surface area contributed by atoms with Gasteiger partial charge in [0.05, 0.1) is 30.8 Å². The second-order valence-electron chi connectivity index (χ2n) is 7.46. The lowest BCUT2D eigenvalue weighted by molar-refractivity contribution is -0.0338. The fourth-order valence-electron chi connectivity index (χ4n) is 3.97. The molecular formula is C24H31ClO3. The number of fused-ring (bicyclic) bond motifs is 2. The number of aliphatic hydroxyl groups excluding tert-OH is 1. The molecule has 2 aliphatic heterocycles. The number of hydrogen-bond donors (Lipinski definition) is 1. The predicted molar refractivity (Wildman–Crippen MR) is 114 cm³/mol. The van der Waals surface area contributed by atoms with Crippen LogP contribution in [0.4, 0.5) is 0 Å². The van der Waals surface area contributed by atoms with Gasteiger partial charge < -0.3 is 14.6 Å². The van der Waals surface area contributed by atoms with Crippen LogP contribution in [0, 0.1) is 0 Å². The first-order valence-corrected chi connectivity index (χ1v) is 10.8. The highest BCUT2D eigenvalue weighted by atomic mass is 35.5. The monoisotopic (exact) mass is 402 g/mol. The van der Waals surface area contributed by atoms with Gasteiger partial charge in [-0.1, -0.05) is 75.2 Å². The second-order valence-corrected chi connectivity index (χ2v) is 7.99. The fraction of sp³-hybridized carbons (Fsp3) is 0.500. The molecule has 3 nitrogen and oxygen atoms in total. The fourth-order valence-corrected chi connectivity index (χ4v) is 4.24. The minimum Gasteiger partial charge on any atom is -0.386 e. The minimum absolute atomic E-state index is 0.0271. The Hall–Kier alpha value is -1.39. The second kappa shape index (κ2) is 10.4. The molecule has 2 aromatic rings. The molecular weight excluding hydrogens is 372 g/mol. The van der Waals surface area contributed by atoms with Gasteiger partial charge in [0.1, 0.15) is 6.10 Å². The molecule has 0 amide bonds. The Balaban J connectivity index is 0.000000161. The normalized spacial score (nSPS) is 25.9. The molecule has 0 bridgehead atoms. The summed E-state index contributed by atoms with van der Waals surface area (Å²) in [4.78, 5) is 0. The number of alkyl halides is 1. The number of benzene rings is 2. The summed E-state index contributed by atoms with van der Waals surface area (Å²) in [5, 5.41) is 9.75. The molecule has 152 valence electrons. The Labute approximate surface area is 173 Å². The maximum atomic E-state index is 9.72. The summed E-state index contributed by atoms with van der Waals surface area (Å²) < 4.78 is 11.3. The third-order valence-electron chi connectivity index (χ3n) is 5.38. The lowest BCUT2D eigenvalue weighted by atomic mass is 9.94. The Morgan fingerprint density at radius 3 is 1.82 bits per heavy atom. The summed E-state index contributed by atoms with van der Waals surface area (Å²) >= 11 is 6.19. The van der Waals surface area contributed by atoms with Gasteiger partial charge in [0, 0.05) is 0 Å². The Morgan fingerprint density at radius 2 is 1.25 bits per heavy atom. The molecule has 2 aliphatic rings. The van der Waals surface area contributed by atoms with Crippen LogP contribution in [-0.4, -0.2) is 18.3 Å². The molecule has 0 saturated carbocycles. The van der Waals surface area contributed by atoms with E-state index in [1.54, 1.807) is 0 Å². The minimum atomic E-state index is -0.445. The maximum absolute atomic E-state index is 9.72. The van der Waals surface area contributed by atoms with E-state index < -0.39 is 6.10 Å². The van der Waals surface area contributed by atoms with E-state index in [9.17, 15) is 5.11 Å². The first-order valence-electron chi connectivity index (χ1n) is 10.4. The van der Waals surface area contributed by atoms with Crippen LogP contribution in [0.25, 0.3) is 0 Å². The van der Waals surface area contributed by atoms with Crippen molar-refractivity contribution in [3.05, 3.63) is 70.8 Å². The summed E-state index contributed by atoms with van der Waals surface area (Å²) in [5.41, 5.74) is 4.73. The highest BCUT2D eigenvalue weighted by Gasteiger charge is 2.26. The average Bonchev–Trinajstić information content (AvgIpc) is 2.73. The van der Waals surface area contributed by atoms with Crippen molar-refractivity contribution < 1.29 is 14.6 Å². The Bertz CT molecular complexity index is 685. The number of hydrogen-bond acceptors (Lipinski definition) is 3. The predicted octanol–water partition coefficient (Wildman–Crippen LogP) is 6.43. The Morgan fingerprint density at radius 1 is 0.786 bits per heavy atom. The van der Waals surface area contributed by atoms with Gasteiger partial charge in [-0.15, -0.1) is 11.6 Å². The summed E-state index contributed by atoms with van der Waals surface area (Å²) in [6.45, 7) is 5.40. The molecule has 1 N–H and O–H groups in total. The smallest absolute Gasteiger partial charge is 0.103 e. The zero-order valence-electron chi connectivity index (χ0n) is 16.8. The van der Waals surface area contributed by atoms with E-state index in [-0.39, 0.29) is 17.6 Å². The van der Waals surface area contributed by atoms with Crippen molar-refractivity contribution in [2.24, 2.45) is 0 Å². The number of ether oxygens (including phenoxy) is 2. The molecule has 4 heteroatoms. The molecule has 4 rings (SSSR count). The maximum Gasteiger partial charge on any atom is 0.103 e. The average molecular weight is 403 g/mol. The zero-order valence-corrected chi connectivity index (χ0v) is 17.6. The molecule has 0 radical (unpaired) electrons. The van der Waals surface area contributed by atoms with Gasteiger partial charge in [0.15, 0.2) is 0 Å². The van der Waals surface area contributed by atoms with Crippen molar-refractivity contribution in [3.63, 3.8) is 0 Å². The van der Waals surface area contributed by atoms with Gasteiger partial charge in [0.25, 0.3) is 0 Å². The van der Waals surface area contributed by atoms with Crippen molar-refractivity contribution in [1.82, 2.24) is 0 Å². The van der Waals surface area contributed by atoms with E-state index in [0.717, 1.165) is 36.8 Å². The van der Waals surface area contributed by atoms with Crippen molar-refractivity contribution >= 4 is 11.6 Å². The third-order valence-corrected chi connectivity index (χ3v) is 5.74. The summed E-state index contributed by atoms with van der Waals surface area (Å²) in [7, 11) is 0. The molecule has 2 heterocycles. The molecule has 28 heavy (non-hydrogen) atoms. The van der Waals surface area contributed by atoms with Crippen LogP contribution in [0.15, 0.2) is 48.5 Å². The SMILES string of the molecule is CCCC1OCC(Cl)c2ccccc21.CCCC1OCC(O)c2ccccc21. The highest BCUT2D eigenvalue weighted by Crippen LogP contribution is 2.38. The largest absolute Gasteiger partial charge is 0.386 e. The van der Waals surface area contributed by atoms with Crippen LogP contribution in [0.5, 0.6) is 0 Å². The molecule has 0 saturated heterocycles. The van der Waals surface area contributed by atoms with E-state index in [4.69, 9.17) is 21.1 Å². The quantitative estimate of drug-likeness (QED) is 0.599. The molecule has 0 spiro atoms. The van der Waals surface area contributed by atoms with Gasteiger partial charge in [-0.3, -0.25) is 0 Å². The van der Waals surface area contributed by atoms with Crippen molar-refractivity contribution in [1.29, 1.82) is 0 Å². The lowest BCUT2D eigenvalue weighted by Gasteiger charge is -2.29. The topological polar surface area (TPSA) is 38.7 Å². The van der Waals surface area contributed by atoms with Crippen molar-refractivity contribution in [2.45, 2.75) is 63.2 Å². The zero-order chi connectivity index (χ0) is 19.9. The van der Waals surface area contributed by atoms with E-state index in [1.165, 1.54) is 11.1 Å². The van der Waals surface area contributed by atoms with Gasteiger partial charge in [-0.05, 0) is 35.1 Å². The number of rotatable bonds is 4. The van der Waals surface area contributed by atoms with E-state index in [2.05, 4.69) is 38.1 Å². The molecule has 0 aromatic heterocycles. The van der Waals surface area contributed by atoms with Crippen LogP contribution in [-0.2, 0) is 9.47 Å². The van der Waals surface area contributed by atoms with Gasteiger partial charge >= 0.3 is 0 Å². The van der Waals surface area contributed by atoms with Gasteiger partial charge in [-0.2, -0.15) is 0 Å². The van der Waals surface area contributed by atoms with Crippen LogP contribution in [0.3, 0.4) is 0 Å². The summed E-state index contributed by atoms with van der Waals surface area (Å²) in [6, 6.07) is 16.4. The Kier molecular flexibility index (Phi) is 7.92. The van der Waals surface area contributed by atoms with Crippen LogP contribution in [0.2, 0.25) is 0 Å². The summed E-state index contributed by atoms with van der Waals surface area (Å²) in [6.07, 6.45) is 4.36. The van der Waals surface area contributed by atoms with E-state index in [0.29, 0.717) is 13.2 Å². The van der Waals surface area contributed by atoms with Gasteiger partial charge in [0.2, 0.25) is 0 Å². The molecule has 0 aliphatic carbocycles. The van der Waals surface area contributed by atoms with E-state index >= 15 is 0 Å². The molecule has 2 aromatic carbocycles. The van der Waals surface area contributed by atoms with E-state index in [1.807, 2.05) is 24.3 Å². The van der Waals surface area contributed by atoms with Crippen LogP contribution < -0.4 is 0 Å². The standard InChI is InChI=1S/C12H15ClO.C12H16O2/c2*1-2-5-12-10-7-4-3-6-9(10)11(13)8-14-12/h3-4,6-7,11-12H,2,5,8H2,1H3;3-4,6-7,11-13H,2,5,8H2,1H3. The van der Waals surface area contributed by atoms with Crippen molar-refractivity contribution in [3.8, 4) is 0 Å². The van der Waals surface area contributed by atoms with Crippen LogP contribution in [0.1, 0.15) is 85.5 Å². The lowest BCUT2D eigenvalue weighted by Crippen LogP contribution is -2.20. The molecule has 4 unspecified atom stereocenters.